The Morgan fingerprint density at radius 1 is 1.00 bits per heavy atom. The minimum absolute atomic E-state index is 0.378. The second-order valence-corrected chi connectivity index (χ2v) is 4.88. The van der Waals surface area contributed by atoms with E-state index in [2.05, 4.69) is 4.98 Å². The Balaban J connectivity index is 2.29. The normalized spacial score (nSPS) is 10.4. The van der Waals surface area contributed by atoms with Gasteiger partial charge in [0.25, 0.3) is 5.91 Å². The third kappa shape index (κ3) is 2.35. The number of benzene rings is 2. The summed E-state index contributed by atoms with van der Waals surface area (Å²) in [7, 11) is 1.61. The van der Waals surface area contributed by atoms with Crippen molar-refractivity contribution in [3.63, 3.8) is 0 Å². The van der Waals surface area contributed by atoms with Crippen molar-refractivity contribution in [1.82, 2.24) is 4.98 Å². The third-order valence-corrected chi connectivity index (χ3v) is 3.59. The van der Waals surface area contributed by atoms with Crippen molar-refractivity contribution in [2.75, 3.05) is 7.11 Å². The van der Waals surface area contributed by atoms with Crippen molar-refractivity contribution < 1.29 is 9.53 Å². The molecule has 0 fully saturated rings. The van der Waals surface area contributed by atoms with Crippen molar-refractivity contribution in [2.45, 2.75) is 0 Å². The molecular weight excluding hydrogens is 276 g/mol. The average molecular weight is 292 g/mol. The lowest BCUT2D eigenvalue weighted by Crippen LogP contribution is -2.12. The molecule has 3 rings (SSSR count). The monoisotopic (exact) mass is 292 g/mol. The Hall–Kier alpha value is -3.01. The van der Waals surface area contributed by atoms with E-state index in [0.29, 0.717) is 11.4 Å². The third-order valence-electron chi connectivity index (χ3n) is 3.59. The fraction of sp³-hybridized carbons (Fsp3) is 0.0556. The zero-order valence-electron chi connectivity index (χ0n) is 12.2. The number of amides is 1. The van der Waals surface area contributed by atoms with Gasteiger partial charge < -0.3 is 15.5 Å². The molecule has 0 bridgehead atoms. The maximum absolute atomic E-state index is 11.8. The van der Waals surface area contributed by atoms with E-state index in [4.69, 9.17) is 10.5 Å². The van der Waals surface area contributed by atoms with E-state index in [0.717, 1.165) is 22.3 Å². The highest BCUT2D eigenvalue weighted by atomic mass is 16.5. The summed E-state index contributed by atoms with van der Waals surface area (Å²) in [5.41, 5.74) is 9.42. The lowest BCUT2D eigenvalue weighted by molar-refractivity contribution is 0.0997. The maximum atomic E-state index is 11.8. The molecule has 0 aliphatic rings. The first-order valence-electron chi connectivity index (χ1n) is 6.92. The van der Waals surface area contributed by atoms with Gasteiger partial charge in [0.05, 0.1) is 7.11 Å². The average Bonchev–Trinajstić information content (AvgIpc) is 3.00. The van der Waals surface area contributed by atoms with Crippen molar-refractivity contribution >= 4 is 5.91 Å². The maximum Gasteiger partial charge on any atom is 0.265 e. The van der Waals surface area contributed by atoms with Gasteiger partial charge in [0.2, 0.25) is 0 Å². The number of carbonyl (C=O) groups is 1. The van der Waals surface area contributed by atoms with Crippen LogP contribution in [0.3, 0.4) is 0 Å². The molecule has 2 aromatic carbocycles. The van der Waals surface area contributed by atoms with E-state index >= 15 is 0 Å². The number of hydrogen-bond acceptors (Lipinski definition) is 2. The molecule has 3 aromatic rings. The SMILES string of the molecule is COc1ccccc1-c1c(-c2ccccc2)c[nH]c1C(N)=O. The fourth-order valence-corrected chi connectivity index (χ4v) is 2.59. The Morgan fingerprint density at radius 2 is 1.68 bits per heavy atom. The molecule has 1 aromatic heterocycles. The topological polar surface area (TPSA) is 68.1 Å². The second kappa shape index (κ2) is 5.77. The molecule has 0 radical (unpaired) electrons. The molecular formula is C18H16N2O2. The zero-order chi connectivity index (χ0) is 15.5. The molecule has 4 nitrogen and oxygen atoms in total. The van der Waals surface area contributed by atoms with Gasteiger partial charge >= 0.3 is 0 Å². The van der Waals surface area contributed by atoms with E-state index in [9.17, 15) is 4.79 Å². The van der Waals surface area contributed by atoms with E-state index in [1.165, 1.54) is 0 Å². The van der Waals surface area contributed by atoms with E-state index in [1.807, 2.05) is 54.6 Å². The molecule has 0 saturated heterocycles. The van der Waals surface area contributed by atoms with Crippen LogP contribution in [0, 0.1) is 0 Å². The Morgan fingerprint density at radius 3 is 2.36 bits per heavy atom. The standard InChI is InChI=1S/C18H16N2O2/c1-22-15-10-6-5-9-13(15)16-14(11-20-17(16)18(19)21)12-7-3-2-4-8-12/h2-11,20H,1H3,(H2,19,21). The van der Waals surface area contributed by atoms with Gasteiger partial charge in [0, 0.05) is 22.9 Å². The van der Waals surface area contributed by atoms with Gasteiger partial charge in [-0.15, -0.1) is 0 Å². The summed E-state index contributed by atoms with van der Waals surface area (Å²) in [6.07, 6.45) is 1.80. The van der Waals surface area contributed by atoms with Gasteiger partial charge in [-0.25, -0.2) is 0 Å². The van der Waals surface area contributed by atoms with Gasteiger partial charge in [0.1, 0.15) is 11.4 Å². The molecule has 22 heavy (non-hydrogen) atoms. The minimum atomic E-state index is -0.497. The number of nitrogens with two attached hydrogens (primary N) is 1. The van der Waals surface area contributed by atoms with Crippen LogP contribution < -0.4 is 10.5 Å². The quantitative estimate of drug-likeness (QED) is 0.773. The first-order valence-corrected chi connectivity index (χ1v) is 6.92. The van der Waals surface area contributed by atoms with Crippen LogP contribution in [0.5, 0.6) is 5.75 Å². The number of aromatic nitrogens is 1. The van der Waals surface area contributed by atoms with Crippen LogP contribution in [0.2, 0.25) is 0 Å². The van der Waals surface area contributed by atoms with Crippen LogP contribution in [0.25, 0.3) is 22.3 Å². The predicted octanol–water partition coefficient (Wildman–Crippen LogP) is 3.46. The molecule has 1 heterocycles. The fourth-order valence-electron chi connectivity index (χ4n) is 2.59. The van der Waals surface area contributed by atoms with E-state index < -0.39 is 5.91 Å². The Labute approximate surface area is 128 Å². The van der Waals surface area contributed by atoms with Gasteiger partial charge in [-0.05, 0) is 11.6 Å². The number of H-pyrrole nitrogens is 1. The molecule has 0 saturated carbocycles. The molecule has 1 amide bonds. The zero-order valence-corrected chi connectivity index (χ0v) is 12.2. The molecule has 0 aliphatic carbocycles. The van der Waals surface area contributed by atoms with Crippen LogP contribution in [0.1, 0.15) is 10.5 Å². The van der Waals surface area contributed by atoms with E-state index in [1.54, 1.807) is 13.3 Å². The summed E-state index contributed by atoms with van der Waals surface area (Å²) in [5.74, 6) is 0.199. The number of aromatic amines is 1. The summed E-state index contributed by atoms with van der Waals surface area (Å²) >= 11 is 0. The number of carbonyl (C=O) groups excluding carboxylic acids is 1. The van der Waals surface area contributed by atoms with Crippen LogP contribution in [0.15, 0.2) is 60.8 Å². The molecule has 0 aliphatic heterocycles. The number of nitrogens with one attached hydrogen (secondary N) is 1. The molecule has 0 atom stereocenters. The predicted molar refractivity (Wildman–Crippen MR) is 86.7 cm³/mol. The first-order chi connectivity index (χ1) is 10.7. The van der Waals surface area contributed by atoms with Crippen LogP contribution in [-0.4, -0.2) is 18.0 Å². The summed E-state index contributed by atoms with van der Waals surface area (Å²) in [4.78, 5) is 14.8. The molecule has 4 heteroatoms. The van der Waals surface area contributed by atoms with Gasteiger partial charge in [0.15, 0.2) is 0 Å². The largest absolute Gasteiger partial charge is 0.496 e. The van der Waals surface area contributed by atoms with Crippen LogP contribution >= 0.6 is 0 Å². The number of ether oxygens (including phenoxy) is 1. The second-order valence-electron chi connectivity index (χ2n) is 4.88. The summed E-state index contributed by atoms with van der Waals surface area (Å²) in [6.45, 7) is 0. The van der Waals surface area contributed by atoms with Crippen molar-refractivity contribution in [3.05, 3.63) is 66.5 Å². The van der Waals surface area contributed by atoms with Gasteiger partial charge in [-0.3, -0.25) is 4.79 Å². The molecule has 0 spiro atoms. The minimum Gasteiger partial charge on any atom is -0.496 e. The van der Waals surface area contributed by atoms with Crippen molar-refractivity contribution in [3.8, 4) is 28.0 Å². The van der Waals surface area contributed by atoms with Gasteiger partial charge in [-0.2, -0.15) is 0 Å². The van der Waals surface area contributed by atoms with Crippen LogP contribution in [0.4, 0.5) is 0 Å². The molecule has 110 valence electrons. The number of rotatable bonds is 4. The summed E-state index contributed by atoms with van der Waals surface area (Å²) in [6, 6.07) is 17.4. The Kier molecular flexibility index (Phi) is 3.66. The van der Waals surface area contributed by atoms with Gasteiger partial charge in [-0.1, -0.05) is 48.5 Å². The highest BCUT2D eigenvalue weighted by Gasteiger charge is 2.20. The lowest BCUT2D eigenvalue weighted by atomic mass is 9.96. The van der Waals surface area contributed by atoms with Crippen molar-refractivity contribution in [2.24, 2.45) is 5.73 Å². The smallest absolute Gasteiger partial charge is 0.265 e. The summed E-state index contributed by atoms with van der Waals surface area (Å²) < 4.78 is 5.43. The number of hydrogen-bond donors (Lipinski definition) is 2. The Bertz CT molecular complexity index is 807. The molecule has 3 N–H and O–H groups in total. The van der Waals surface area contributed by atoms with Crippen LogP contribution in [-0.2, 0) is 0 Å². The first kappa shape index (κ1) is 13.9. The highest BCUT2D eigenvalue weighted by molar-refractivity contribution is 6.03. The van der Waals surface area contributed by atoms with E-state index in [-0.39, 0.29) is 0 Å². The summed E-state index contributed by atoms with van der Waals surface area (Å²) in [5, 5.41) is 0. The number of primary amides is 1. The number of para-hydroxylation sites is 1. The van der Waals surface area contributed by atoms with Crippen molar-refractivity contribution in [1.29, 1.82) is 0 Å². The molecule has 0 unspecified atom stereocenters. The lowest BCUT2D eigenvalue weighted by Gasteiger charge is -2.11. The highest BCUT2D eigenvalue weighted by Crippen LogP contribution is 2.39. The number of methoxy groups -OCH3 is 1.